The van der Waals surface area contributed by atoms with E-state index in [1.807, 2.05) is 12.1 Å². The van der Waals surface area contributed by atoms with E-state index >= 15 is 0 Å². The fraction of sp³-hybridized carbons (Fsp3) is 0.278. The Balaban J connectivity index is 1.55. The quantitative estimate of drug-likeness (QED) is 0.855. The molecule has 3 rings (SSSR count). The summed E-state index contributed by atoms with van der Waals surface area (Å²) in [5.74, 6) is 1.18. The van der Waals surface area contributed by atoms with Crippen molar-refractivity contribution in [2.75, 3.05) is 16.8 Å². The van der Waals surface area contributed by atoms with Gasteiger partial charge < -0.3 is 10.1 Å². The summed E-state index contributed by atoms with van der Waals surface area (Å²) in [4.78, 5) is 12.0. The molecule has 2 aromatic rings. The van der Waals surface area contributed by atoms with Gasteiger partial charge in [-0.25, -0.2) is 8.42 Å². The Hall–Kier alpha value is -2.05. The summed E-state index contributed by atoms with van der Waals surface area (Å²) in [6, 6.07) is 14.1. The summed E-state index contributed by atoms with van der Waals surface area (Å²) in [5.41, 5.74) is 0.636. The van der Waals surface area contributed by atoms with Gasteiger partial charge in [0.15, 0.2) is 9.84 Å². The summed E-state index contributed by atoms with van der Waals surface area (Å²) in [6.45, 7) is 0. The zero-order chi connectivity index (χ0) is 17.9. The highest BCUT2D eigenvalue weighted by Crippen LogP contribution is 2.29. The first-order valence-corrected chi connectivity index (χ1v) is 10.1. The van der Waals surface area contributed by atoms with Crippen LogP contribution in [0.2, 0.25) is 5.02 Å². The number of para-hydroxylation sites is 1. The molecular weight excluding hydrogens is 362 g/mol. The number of anilines is 1. The van der Waals surface area contributed by atoms with Crippen LogP contribution in [0.5, 0.6) is 11.5 Å². The molecule has 1 aliphatic rings. The molecule has 1 aliphatic heterocycles. The molecule has 1 N–H and O–H groups in total. The second-order valence-electron chi connectivity index (χ2n) is 6.08. The molecule has 0 radical (unpaired) electrons. The standard InChI is InChI=1S/C18H18ClNO4S/c19-16-3-1-2-4-17(16)24-15-7-5-14(6-8-15)20-18(21)11-13-9-10-25(22,23)12-13/h1-8,13H,9-12H2,(H,20,21)/t13-/m0/s1. The minimum atomic E-state index is -2.96. The topological polar surface area (TPSA) is 72.5 Å². The van der Waals surface area contributed by atoms with Gasteiger partial charge in [0.25, 0.3) is 0 Å². The van der Waals surface area contributed by atoms with Crippen LogP contribution in [-0.4, -0.2) is 25.8 Å². The van der Waals surface area contributed by atoms with Crippen LogP contribution < -0.4 is 10.1 Å². The number of hydrogen-bond acceptors (Lipinski definition) is 4. The van der Waals surface area contributed by atoms with Crippen LogP contribution >= 0.6 is 11.6 Å². The molecule has 0 spiro atoms. The van der Waals surface area contributed by atoms with Crippen molar-refractivity contribution >= 4 is 33.0 Å². The molecule has 1 atom stereocenters. The van der Waals surface area contributed by atoms with Crippen LogP contribution in [0.1, 0.15) is 12.8 Å². The molecule has 2 aromatic carbocycles. The average Bonchev–Trinajstić information content (AvgIpc) is 2.90. The van der Waals surface area contributed by atoms with Gasteiger partial charge in [-0.05, 0) is 48.7 Å². The Labute approximate surface area is 151 Å². The number of rotatable bonds is 5. The lowest BCUT2D eigenvalue weighted by molar-refractivity contribution is -0.116. The van der Waals surface area contributed by atoms with E-state index in [-0.39, 0.29) is 29.8 Å². The third-order valence-electron chi connectivity index (χ3n) is 4.00. The zero-order valence-electron chi connectivity index (χ0n) is 13.4. The van der Waals surface area contributed by atoms with Crippen LogP contribution in [0.3, 0.4) is 0 Å². The molecule has 1 heterocycles. The molecule has 0 aromatic heterocycles. The SMILES string of the molecule is O=C(C[C@@H]1CCS(=O)(=O)C1)Nc1ccc(Oc2ccccc2Cl)cc1. The Kier molecular flexibility index (Phi) is 5.30. The van der Waals surface area contributed by atoms with Crippen LogP contribution in [0, 0.1) is 5.92 Å². The van der Waals surface area contributed by atoms with Gasteiger partial charge in [-0.2, -0.15) is 0 Å². The minimum absolute atomic E-state index is 0.0900. The molecule has 1 saturated heterocycles. The summed E-state index contributed by atoms with van der Waals surface area (Å²) < 4.78 is 28.6. The van der Waals surface area contributed by atoms with Crippen molar-refractivity contribution in [2.24, 2.45) is 5.92 Å². The van der Waals surface area contributed by atoms with Gasteiger partial charge in [-0.1, -0.05) is 23.7 Å². The van der Waals surface area contributed by atoms with Gasteiger partial charge in [0.2, 0.25) is 5.91 Å². The van der Waals surface area contributed by atoms with E-state index in [1.54, 1.807) is 36.4 Å². The molecular formula is C18H18ClNO4S. The van der Waals surface area contributed by atoms with Crippen molar-refractivity contribution in [2.45, 2.75) is 12.8 Å². The van der Waals surface area contributed by atoms with Crippen molar-refractivity contribution in [1.29, 1.82) is 0 Å². The van der Waals surface area contributed by atoms with Crippen LogP contribution in [0.15, 0.2) is 48.5 Å². The maximum absolute atomic E-state index is 12.0. The second kappa shape index (κ2) is 7.45. The van der Waals surface area contributed by atoms with Crippen LogP contribution in [0.25, 0.3) is 0 Å². The van der Waals surface area contributed by atoms with Gasteiger partial charge in [0, 0.05) is 12.1 Å². The van der Waals surface area contributed by atoms with E-state index in [2.05, 4.69) is 5.32 Å². The third kappa shape index (κ3) is 4.96. The molecule has 0 saturated carbocycles. The fourth-order valence-corrected chi connectivity index (χ4v) is 4.80. The lowest BCUT2D eigenvalue weighted by Gasteiger charge is -2.10. The lowest BCUT2D eigenvalue weighted by Crippen LogP contribution is -2.17. The van der Waals surface area contributed by atoms with E-state index < -0.39 is 9.84 Å². The van der Waals surface area contributed by atoms with E-state index in [0.717, 1.165) is 0 Å². The Morgan fingerprint density at radius 1 is 1.16 bits per heavy atom. The van der Waals surface area contributed by atoms with Crippen molar-refractivity contribution < 1.29 is 17.9 Å². The number of hydrogen-bond donors (Lipinski definition) is 1. The van der Waals surface area contributed by atoms with Gasteiger partial charge >= 0.3 is 0 Å². The number of carbonyl (C=O) groups excluding carboxylic acids is 1. The van der Waals surface area contributed by atoms with Gasteiger partial charge in [-0.3, -0.25) is 4.79 Å². The number of sulfone groups is 1. The number of carbonyl (C=O) groups is 1. The first kappa shape index (κ1) is 17.8. The fourth-order valence-electron chi connectivity index (χ4n) is 2.77. The molecule has 0 bridgehead atoms. The molecule has 132 valence electrons. The number of amides is 1. The first-order valence-electron chi connectivity index (χ1n) is 7.94. The van der Waals surface area contributed by atoms with Gasteiger partial charge in [0.05, 0.1) is 16.5 Å². The maximum atomic E-state index is 12.0. The normalized spacial score (nSPS) is 18.7. The van der Waals surface area contributed by atoms with Gasteiger partial charge in [0.1, 0.15) is 11.5 Å². The van der Waals surface area contributed by atoms with Crippen molar-refractivity contribution in [1.82, 2.24) is 0 Å². The Morgan fingerprint density at radius 2 is 1.88 bits per heavy atom. The largest absolute Gasteiger partial charge is 0.456 e. The lowest BCUT2D eigenvalue weighted by atomic mass is 10.1. The van der Waals surface area contributed by atoms with E-state index in [4.69, 9.17) is 16.3 Å². The molecule has 7 heteroatoms. The predicted octanol–water partition coefficient (Wildman–Crippen LogP) is 3.90. The summed E-state index contributed by atoms with van der Waals surface area (Å²) >= 11 is 6.05. The molecule has 0 unspecified atom stereocenters. The number of halogens is 1. The van der Waals surface area contributed by atoms with E-state index in [9.17, 15) is 13.2 Å². The molecule has 0 aliphatic carbocycles. The second-order valence-corrected chi connectivity index (χ2v) is 8.71. The predicted molar refractivity (Wildman–Crippen MR) is 98.0 cm³/mol. The zero-order valence-corrected chi connectivity index (χ0v) is 15.0. The van der Waals surface area contributed by atoms with Crippen molar-refractivity contribution in [3.8, 4) is 11.5 Å². The van der Waals surface area contributed by atoms with Crippen LogP contribution in [-0.2, 0) is 14.6 Å². The summed E-state index contributed by atoms with van der Waals surface area (Å²) in [6.07, 6.45) is 0.775. The smallest absolute Gasteiger partial charge is 0.224 e. The van der Waals surface area contributed by atoms with Crippen LogP contribution in [0.4, 0.5) is 5.69 Å². The highest BCUT2D eigenvalue weighted by atomic mass is 35.5. The van der Waals surface area contributed by atoms with E-state index in [1.165, 1.54) is 0 Å². The van der Waals surface area contributed by atoms with Crippen molar-refractivity contribution in [3.63, 3.8) is 0 Å². The molecule has 25 heavy (non-hydrogen) atoms. The molecule has 5 nitrogen and oxygen atoms in total. The first-order chi connectivity index (χ1) is 11.9. The molecule has 1 amide bonds. The van der Waals surface area contributed by atoms with E-state index in [0.29, 0.717) is 28.6 Å². The number of ether oxygens (including phenoxy) is 1. The minimum Gasteiger partial charge on any atom is -0.456 e. The Bertz CT molecular complexity index is 865. The number of benzene rings is 2. The highest BCUT2D eigenvalue weighted by molar-refractivity contribution is 7.91. The summed E-state index contributed by atoms with van der Waals surface area (Å²) in [7, 11) is -2.96. The highest BCUT2D eigenvalue weighted by Gasteiger charge is 2.29. The maximum Gasteiger partial charge on any atom is 0.224 e. The third-order valence-corrected chi connectivity index (χ3v) is 6.15. The summed E-state index contributed by atoms with van der Waals surface area (Å²) in [5, 5.41) is 3.30. The van der Waals surface area contributed by atoms with Crippen molar-refractivity contribution in [3.05, 3.63) is 53.6 Å². The molecule has 1 fully saturated rings. The monoisotopic (exact) mass is 379 g/mol. The van der Waals surface area contributed by atoms with Gasteiger partial charge in [-0.15, -0.1) is 0 Å². The Morgan fingerprint density at radius 3 is 2.52 bits per heavy atom. The number of nitrogens with one attached hydrogen (secondary N) is 1. The average molecular weight is 380 g/mol.